The van der Waals surface area contributed by atoms with Gasteiger partial charge in [-0.05, 0) is 29.1 Å². The number of hydrogen-bond donors (Lipinski definition) is 1. The molecule has 1 aromatic carbocycles. The van der Waals surface area contributed by atoms with E-state index in [0.717, 1.165) is 11.3 Å². The zero-order valence-corrected chi connectivity index (χ0v) is 15.5. The zero-order chi connectivity index (χ0) is 19.8. The number of aliphatic hydroxyl groups is 1. The van der Waals surface area contributed by atoms with Gasteiger partial charge < -0.3 is 5.11 Å². The van der Waals surface area contributed by atoms with Gasteiger partial charge in [-0.25, -0.2) is 0 Å². The predicted octanol–water partition coefficient (Wildman–Crippen LogP) is 3.29. The van der Waals surface area contributed by atoms with E-state index in [-0.39, 0.29) is 16.4 Å². The second-order valence-corrected chi connectivity index (χ2v) is 7.48. The van der Waals surface area contributed by atoms with Crippen molar-refractivity contribution in [2.24, 2.45) is 0 Å². The maximum Gasteiger partial charge on any atom is 0.296 e. The first kappa shape index (κ1) is 17.9. The Bertz CT molecular complexity index is 1090. The van der Waals surface area contributed by atoms with Crippen LogP contribution in [0.25, 0.3) is 0 Å². The lowest BCUT2D eigenvalue weighted by molar-refractivity contribution is -0.384. The Morgan fingerprint density at radius 2 is 1.96 bits per heavy atom. The standard InChI is InChI=1S/C17H10N4O5S2/c22-14(11-2-1-7-27-11)12-13(9-3-5-10(6-4-9)21(25)26)20(16(24)15(12)23)17-19-18-8-28-17/h1-8,13,23H/t13-/m1/s1. The highest BCUT2D eigenvalue weighted by Gasteiger charge is 2.46. The molecule has 1 aliphatic heterocycles. The lowest BCUT2D eigenvalue weighted by Crippen LogP contribution is -2.31. The Morgan fingerprint density at radius 3 is 2.54 bits per heavy atom. The van der Waals surface area contributed by atoms with E-state index >= 15 is 0 Å². The van der Waals surface area contributed by atoms with E-state index in [1.165, 1.54) is 46.0 Å². The highest BCUT2D eigenvalue weighted by Crippen LogP contribution is 2.42. The van der Waals surface area contributed by atoms with Crippen molar-refractivity contribution in [3.05, 3.63) is 79.2 Å². The largest absolute Gasteiger partial charge is 0.503 e. The van der Waals surface area contributed by atoms with Gasteiger partial charge in [0, 0.05) is 12.1 Å². The van der Waals surface area contributed by atoms with Gasteiger partial charge in [0.15, 0.2) is 5.76 Å². The van der Waals surface area contributed by atoms with E-state index in [1.807, 2.05) is 0 Å². The molecule has 3 heterocycles. The van der Waals surface area contributed by atoms with Crippen LogP contribution in [0.1, 0.15) is 21.3 Å². The molecule has 2 aromatic heterocycles. The molecule has 0 fully saturated rings. The highest BCUT2D eigenvalue weighted by atomic mass is 32.1. The number of nitro groups is 1. The summed E-state index contributed by atoms with van der Waals surface area (Å²) in [5.74, 6) is -1.94. The first-order chi connectivity index (χ1) is 13.5. The number of anilines is 1. The van der Waals surface area contributed by atoms with Crippen LogP contribution in [0.5, 0.6) is 0 Å². The number of aromatic nitrogens is 2. The Labute approximate surface area is 165 Å². The predicted molar refractivity (Wildman–Crippen MR) is 102 cm³/mol. The maximum atomic E-state index is 13.0. The monoisotopic (exact) mass is 414 g/mol. The van der Waals surface area contributed by atoms with E-state index in [0.29, 0.717) is 10.4 Å². The molecule has 3 aromatic rings. The van der Waals surface area contributed by atoms with Gasteiger partial charge in [-0.3, -0.25) is 24.6 Å². The normalized spacial score (nSPS) is 16.6. The van der Waals surface area contributed by atoms with E-state index in [9.17, 15) is 24.8 Å². The molecule has 0 bridgehead atoms. The molecule has 0 aliphatic carbocycles. The summed E-state index contributed by atoms with van der Waals surface area (Å²) >= 11 is 2.26. The number of aliphatic hydroxyl groups excluding tert-OH is 1. The fourth-order valence-corrected chi connectivity index (χ4v) is 4.20. The molecule has 4 rings (SSSR count). The van der Waals surface area contributed by atoms with E-state index in [2.05, 4.69) is 10.2 Å². The number of ketones is 1. The van der Waals surface area contributed by atoms with Gasteiger partial charge in [0.1, 0.15) is 5.51 Å². The molecule has 0 radical (unpaired) electrons. The number of carbonyl (C=O) groups excluding carboxylic acids is 2. The quantitative estimate of drug-likeness (QED) is 0.385. The average molecular weight is 414 g/mol. The molecule has 1 aliphatic rings. The van der Waals surface area contributed by atoms with Crippen LogP contribution >= 0.6 is 22.7 Å². The van der Waals surface area contributed by atoms with Gasteiger partial charge in [-0.15, -0.1) is 21.5 Å². The van der Waals surface area contributed by atoms with Crippen molar-refractivity contribution in [3.63, 3.8) is 0 Å². The van der Waals surface area contributed by atoms with Crippen LogP contribution < -0.4 is 4.90 Å². The van der Waals surface area contributed by atoms with E-state index in [1.54, 1.807) is 17.5 Å². The number of thiophene rings is 1. The molecule has 1 atom stereocenters. The topological polar surface area (TPSA) is 127 Å². The number of Topliss-reactive ketones (excluding diaryl/α,β-unsaturated/α-hetero) is 1. The number of benzene rings is 1. The van der Waals surface area contributed by atoms with Crippen molar-refractivity contribution >= 4 is 45.2 Å². The fourth-order valence-electron chi connectivity index (χ4n) is 2.94. The van der Waals surface area contributed by atoms with Crippen molar-refractivity contribution in [1.29, 1.82) is 0 Å². The molecule has 28 heavy (non-hydrogen) atoms. The summed E-state index contributed by atoms with van der Waals surface area (Å²) in [6.07, 6.45) is 0. The molecular weight excluding hydrogens is 404 g/mol. The Kier molecular flexibility index (Phi) is 4.45. The Balaban J connectivity index is 1.86. The van der Waals surface area contributed by atoms with Crippen LogP contribution in [0.4, 0.5) is 10.8 Å². The summed E-state index contributed by atoms with van der Waals surface area (Å²) in [7, 11) is 0. The van der Waals surface area contributed by atoms with Crippen LogP contribution in [-0.2, 0) is 4.79 Å². The number of rotatable bonds is 5. The third-order valence-electron chi connectivity index (χ3n) is 4.17. The number of amides is 1. The molecule has 1 amide bonds. The van der Waals surface area contributed by atoms with E-state index < -0.39 is 28.4 Å². The highest BCUT2D eigenvalue weighted by molar-refractivity contribution is 7.13. The molecule has 1 N–H and O–H groups in total. The second kappa shape index (κ2) is 6.94. The van der Waals surface area contributed by atoms with E-state index in [4.69, 9.17) is 0 Å². The first-order valence-electron chi connectivity index (χ1n) is 7.84. The number of nitro benzene ring substituents is 1. The summed E-state index contributed by atoms with van der Waals surface area (Å²) in [4.78, 5) is 37.7. The van der Waals surface area contributed by atoms with Crippen LogP contribution in [0, 0.1) is 10.1 Å². The van der Waals surface area contributed by atoms with Crippen molar-refractivity contribution in [3.8, 4) is 0 Å². The van der Waals surface area contributed by atoms with Gasteiger partial charge in [-0.2, -0.15) is 0 Å². The summed E-state index contributed by atoms with van der Waals surface area (Å²) in [6.45, 7) is 0. The lowest BCUT2D eigenvalue weighted by Gasteiger charge is -2.23. The SMILES string of the molecule is O=C(C1=C(O)C(=O)N(c2nncs2)[C@@H]1c1ccc([N+](=O)[O-])cc1)c1cccs1. The minimum Gasteiger partial charge on any atom is -0.503 e. The molecule has 0 unspecified atom stereocenters. The number of carbonyl (C=O) groups is 2. The lowest BCUT2D eigenvalue weighted by atomic mass is 9.95. The molecule has 0 saturated heterocycles. The zero-order valence-electron chi connectivity index (χ0n) is 13.9. The van der Waals surface area contributed by atoms with Crippen LogP contribution in [0.3, 0.4) is 0 Å². The average Bonchev–Trinajstić information content (AvgIpc) is 3.43. The second-order valence-electron chi connectivity index (χ2n) is 5.72. The molecule has 9 nitrogen and oxygen atoms in total. The number of non-ortho nitro benzene ring substituents is 1. The van der Waals surface area contributed by atoms with Crippen LogP contribution in [-0.4, -0.2) is 31.9 Å². The maximum absolute atomic E-state index is 13.0. The minimum atomic E-state index is -0.976. The molecule has 140 valence electrons. The van der Waals surface area contributed by atoms with Crippen molar-refractivity contribution in [1.82, 2.24) is 10.2 Å². The summed E-state index contributed by atoms with van der Waals surface area (Å²) in [6, 6.07) is 7.76. The van der Waals surface area contributed by atoms with Gasteiger partial charge in [0.25, 0.3) is 11.6 Å². The smallest absolute Gasteiger partial charge is 0.296 e. The third-order valence-corrected chi connectivity index (χ3v) is 5.73. The third kappa shape index (κ3) is 2.86. The van der Waals surface area contributed by atoms with Crippen LogP contribution in [0.2, 0.25) is 0 Å². The Hall–Kier alpha value is -3.44. The van der Waals surface area contributed by atoms with Crippen molar-refractivity contribution in [2.45, 2.75) is 6.04 Å². The molecule has 0 saturated carbocycles. The first-order valence-corrected chi connectivity index (χ1v) is 9.60. The summed E-state index contributed by atoms with van der Waals surface area (Å²) in [5, 5.41) is 30.9. The molecule has 11 heteroatoms. The Morgan fingerprint density at radius 1 is 1.21 bits per heavy atom. The van der Waals surface area contributed by atoms with Gasteiger partial charge >= 0.3 is 0 Å². The minimum absolute atomic E-state index is 0.100. The number of hydrogen-bond acceptors (Lipinski definition) is 9. The fraction of sp³-hybridized carbons (Fsp3) is 0.0588. The molecular formula is C17H10N4O5S2. The van der Waals surface area contributed by atoms with Gasteiger partial charge in [-0.1, -0.05) is 17.4 Å². The van der Waals surface area contributed by atoms with Gasteiger partial charge in [0.2, 0.25) is 10.9 Å². The van der Waals surface area contributed by atoms with Gasteiger partial charge in [0.05, 0.1) is 21.4 Å². The van der Waals surface area contributed by atoms with Crippen LogP contribution in [0.15, 0.2) is 58.6 Å². The summed E-state index contributed by atoms with van der Waals surface area (Å²) < 4.78 is 0. The van der Waals surface area contributed by atoms with Crippen molar-refractivity contribution in [2.75, 3.05) is 4.90 Å². The van der Waals surface area contributed by atoms with Crippen molar-refractivity contribution < 1.29 is 19.6 Å². The number of nitrogens with zero attached hydrogens (tertiary/aromatic N) is 4. The molecule has 0 spiro atoms. The summed E-state index contributed by atoms with van der Waals surface area (Å²) in [5.41, 5.74) is 1.62.